The first-order chi connectivity index (χ1) is 18.4. The number of likely N-dealkylation sites (N-methyl/N-ethyl adjacent to an activating group) is 1. The number of hydrogen-bond donors (Lipinski definition) is 1. The quantitative estimate of drug-likeness (QED) is 0.370. The zero-order chi connectivity index (χ0) is 26.6. The van der Waals surface area contributed by atoms with Gasteiger partial charge in [0.1, 0.15) is 0 Å². The van der Waals surface area contributed by atoms with Crippen LogP contribution in [0.4, 0.5) is 5.13 Å². The highest BCUT2D eigenvalue weighted by Gasteiger charge is 2.20. The van der Waals surface area contributed by atoms with E-state index in [-0.39, 0.29) is 11.8 Å². The van der Waals surface area contributed by atoms with Crippen LogP contribution in [-0.2, 0) is 19.5 Å². The van der Waals surface area contributed by atoms with Crippen LogP contribution in [0.5, 0.6) is 0 Å². The molecule has 0 saturated carbocycles. The van der Waals surface area contributed by atoms with E-state index in [1.165, 1.54) is 16.2 Å². The SMILES string of the molecule is CCCN(Cc1cccc(C(=O)Nc2nc3c(s2)CN(C)CC3)c1)C(=O)c1ccc(-n2nnnc2C)cc1. The van der Waals surface area contributed by atoms with Crippen molar-refractivity contribution in [2.24, 2.45) is 0 Å². The first-order valence-electron chi connectivity index (χ1n) is 12.6. The summed E-state index contributed by atoms with van der Waals surface area (Å²) in [4.78, 5) is 36.3. The summed E-state index contributed by atoms with van der Waals surface area (Å²) in [6.07, 6.45) is 1.72. The number of hydrogen-bond acceptors (Lipinski definition) is 8. The van der Waals surface area contributed by atoms with Crippen LogP contribution in [0.2, 0.25) is 0 Å². The number of nitrogens with zero attached hydrogens (tertiary/aromatic N) is 7. The lowest BCUT2D eigenvalue weighted by Crippen LogP contribution is -2.31. The van der Waals surface area contributed by atoms with Crippen LogP contribution < -0.4 is 5.32 Å². The first-order valence-corrected chi connectivity index (χ1v) is 13.4. The van der Waals surface area contributed by atoms with Gasteiger partial charge in [0.15, 0.2) is 11.0 Å². The molecule has 38 heavy (non-hydrogen) atoms. The van der Waals surface area contributed by atoms with Crippen LogP contribution in [0.1, 0.15) is 56.0 Å². The maximum absolute atomic E-state index is 13.4. The Morgan fingerprint density at radius 2 is 1.95 bits per heavy atom. The van der Waals surface area contributed by atoms with Gasteiger partial charge in [0.25, 0.3) is 11.8 Å². The molecule has 0 fully saturated rings. The summed E-state index contributed by atoms with van der Waals surface area (Å²) in [6.45, 7) is 6.70. The van der Waals surface area contributed by atoms with Crippen LogP contribution in [0.3, 0.4) is 0 Å². The number of carbonyl (C=O) groups excluding carboxylic acids is 2. The van der Waals surface area contributed by atoms with Crippen LogP contribution in [0.15, 0.2) is 48.5 Å². The number of aromatic nitrogens is 5. The minimum absolute atomic E-state index is 0.0694. The van der Waals surface area contributed by atoms with E-state index in [1.807, 2.05) is 44.2 Å². The van der Waals surface area contributed by atoms with E-state index in [1.54, 1.807) is 27.8 Å². The van der Waals surface area contributed by atoms with E-state index >= 15 is 0 Å². The second-order valence-electron chi connectivity index (χ2n) is 9.44. The fourth-order valence-corrected chi connectivity index (χ4v) is 5.58. The molecule has 3 heterocycles. The standard InChI is InChI=1S/C27H30N8O2S/c1-4-13-34(26(37)20-8-10-22(11-9-20)35-18(2)30-31-32-35)16-19-6-5-7-21(15-19)25(36)29-27-28-23-12-14-33(3)17-24(23)38-27/h5-11,15H,4,12-14,16-17H2,1-3H3,(H,28,29,36). The summed E-state index contributed by atoms with van der Waals surface area (Å²) in [6, 6.07) is 14.7. The minimum Gasteiger partial charge on any atom is -0.334 e. The third kappa shape index (κ3) is 5.63. The molecule has 0 saturated heterocycles. The molecule has 0 atom stereocenters. The molecule has 4 aromatic rings. The van der Waals surface area contributed by atoms with Gasteiger partial charge in [-0.3, -0.25) is 14.9 Å². The maximum atomic E-state index is 13.4. The molecule has 0 bridgehead atoms. The van der Waals surface area contributed by atoms with Gasteiger partial charge in [-0.1, -0.05) is 19.1 Å². The highest BCUT2D eigenvalue weighted by molar-refractivity contribution is 7.15. The van der Waals surface area contributed by atoms with Crippen molar-refractivity contribution in [1.29, 1.82) is 0 Å². The van der Waals surface area contributed by atoms with E-state index in [4.69, 9.17) is 0 Å². The highest BCUT2D eigenvalue weighted by atomic mass is 32.1. The maximum Gasteiger partial charge on any atom is 0.257 e. The average Bonchev–Trinajstić information content (AvgIpc) is 3.53. The van der Waals surface area contributed by atoms with Gasteiger partial charge in [0, 0.05) is 48.6 Å². The molecule has 0 radical (unpaired) electrons. The third-order valence-electron chi connectivity index (χ3n) is 6.47. The van der Waals surface area contributed by atoms with Crippen LogP contribution in [0, 0.1) is 6.92 Å². The summed E-state index contributed by atoms with van der Waals surface area (Å²) in [5, 5.41) is 15.1. The number of carbonyl (C=O) groups is 2. The summed E-state index contributed by atoms with van der Waals surface area (Å²) in [5.41, 5.74) is 3.88. The zero-order valence-electron chi connectivity index (χ0n) is 21.7. The predicted molar refractivity (Wildman–Crippen MR) is 145 cm³/mol. The average molecular weight is 531 g/mol. The molecule has 1 aliphatic rings. The topological polar surface area (TPSA) is 109 Å². The lowest BCUT2D eigenvalue weighted by atomic mass is 10.1. The van der Waals surface area contributed by atoms with Crippen molar-refractivity contribution in [2.45, 2.75) is 39.8 Å². The van der Waals surface area contributed by atoms with Gasteiger partial charge in [-0.25, -0.2) is 4.98 Å². The van der Waals surface area contributed by atoms with Crippen molar-refractivity contribution in [3.8, 4) is 5.69 Å². The number of rotatable bonds is 8. The van der Waals surface area contributed by atoms with Gasteiger partial charge in [0.05, 0.1) is 11.4 Å². The van der Waals surface area contributed by atoms with Gasteiger partial charge in [-0.15, -0.1) is 16.4 Å². The first kappa shape index (κ1) is 25.7. The van der Waals surface area contributed by atoms with Crippen molar-refractivity contribution in [2.75, 3.05) is 25.5 Å². The van der Waals surface area contributed by atoms with Crippen LogP contribution in [0.25, 0.3) is 5.69 Å². The molecule has 2 aromatic heterocycles. The van der Waals surface area contributed by atoms with Gasteiger partial charge in [0.2, 0.25) is 0 Å². The molecule has 5 rings (SSSR count). The van der Waals surface area contributed by atoms with E-state index < -0.39 is 0 Å². The fraction of sp³-hybridized carbons (Fsp3) is 0.333. The molecular formula is C27H30N8O2S. The summed E-state index contributed by atoms with van der Waals surface area (Å²) >= 11 is 1.54. The van der Waals surface area contributed by atoms with E-state index in [2.05, 4.69) is 37.8 Å². The van der Waals surface area contributed by atoms with Gasteiger partial charge in [-0.2, -0.15) is 4.68 Å². The molecule has 0 spiro atoms. The molecule has 10 nitrogen and oxygen atoms in total. The largest absolute Gasteiger partial charge is 0.334 e. The smallest absolute Gasteiger partial charge is 0.257 e. The molecule has 2 amide bonds. The van der Waals surface area contributed by atoms with E-state index in [0.717, 1.165) is 42.9 Å². The summed E-state index contributed by atoms with van der Waals surface area (Å²) in [5.74, 6) is 0.399. The summed E-state index contributed by atoms with van der Waals surface area (Å²) in [7, 11) is 2.09. The number of tetrazole rings is 1. The number of aryl methyl sites for hydroxylation is 1. The summed E-state index contributed by atoms with van der Waals surface area (Å²) < 4.78 is 1.62. The monoisotopic (exact) mass is 530 g/mol. The number of nitrogens with one attached hydrogen (secondary N) is 1. The van der Waals surface area contributed by atoms with E-state index in [0.29, 0.717) is 35.2 Å². The Bertz CT molecular complexity index is 1450. The van der Waals surface area contributed by atoms with Crippen molar-refractivity contribution in [1.82, 2.24) is 35.0 Å². The minimum atomic E-state index is -0.201. The van der Waals surface area contributed by atoms with Crippen molar-refractivity contribution in [3.05, 3.63) is 81.6 Å². The fourth-order valence-electron chi connectivity index (χ4n) is 4.50. The molecule has 11 heteroatoms. The van der Waals surface area contributed by atoms with Gasteiger partial charge in [-0.05, 0) is 72.8 Å². The Morgan fingerprint density at radius 3 is 2.68 bits per heavy atom. The lowest BCUT2D eigenvalue weighted by Gasteiger charge is -2.23. The van der Waals surface area contributed by atoms with Gasteiger partial charge >= 0.3 is 0 Å². The lowest BCUT2D eigenvalue weighted by molar-refractivity contribution is 0.0743. The molecule has 2 aromatic carbocycles. The molecule has 196 valence electrons. The third-order valence-corrected chi connectivity index (χ3v) is 7.47. The molecule has 0 unspecified atom stereocenters. The highest BCUT2D eigenvalue weighted by Crippen LogP contribution is 2.28. The number of thiazole rings is 1. The Morgan fingerprint density at radius 1 is 1.13 bits per heavy atom. The van der Waals surface area contributed by atoms with Crippen LogP contribution in [-0.4, -0.2) is 66.9 Å². The Labute approximate surface area is 225 Å². The van der Waals surface area contributed by atoms with Crippen molar-refractivity contribution < 1.29 is 9.59 Å². The van der Waals surface area contributed by atoms with Gasteiger partial charge < -0.3 is 9.80 Å². The number of benzene rings is 2. The second-order valence-corrected chi connectivity index (χ2v) is 10.5. The normalized spacial score (nSPS) is 13.2. The number of fused-ring (bicyclic) bond motifs is 1. The molecular weight excluding hydrogens is 500 g/mol. The number of amides is 2. The van der Waals surface area contributed by atoms with Crippen molar-refractivity contribution >= 4 is 28.3 Å². The Balaban J connectivity index is 1.28. The second kappa shape index (κ2) is 11.2. The predicted octanol–water partition coefficient (Wildman–Crippen LogP) is 3.72. The Hall–Kier alpha value is -3.96. The Kier molecular flexibility index (Phi) is 7.57. The van der Waals surface area contributed by atoms with E-state index in [9.17, 15) is 9.59 Å². The van der Waals surface area contributed by atoms with Crippen LogP contribution >= 0.6 is 11.3 Å². The number of anilines is 1. The molecule has 1 N–H and O–H groups in total. The van der Waals surface area contributed by atoms with Crippen molar-refractivity contribution in [3.63, 3.8) is 0 Å². The molecule has 0 aliphatic carbocycles. The zero-order valence-corrected chi connectivity index (χ0v) is 22.5. The molecule has 1 aliphatic heterocycles.